The summed E-state index contributed by atoms with van der Waals surface area (Å²) < 4.78 is 43.0. The van der Waals surface area contributed by atoms with Crippen LogP contribution >= 0.6 is 0 Å². The van der Waals surface area contributed by atoms with Crippen LogP contribution in [0.4, 0.5) is 4.39 Å². The van der Waals surface area contributed by atoms with E-state index in [0.29, 0.717) is 0 Å². The summed E-state index contributed by atoms with van der Waals surface area (Å²) in [5.41, 5.74) is 0. The number of hydrogen-bond acceptors (Lipinski definition) is 5. The van der Waals surface area contributed by atoms with Crippen LogP contribution in [0.25, 0.3) is 0 Å². The highest BCUT2D eigenvalue weighted by Gasteiger charge is 2.26. The Morgan fingerprint density at radius 2 is 1.90 bits per heavy atom. The number of benzene rings is 1. The molecule has 1 atom stereocenters. The Morgan fingerprint density at radius 3 is 2.38 bits per heavy atom. The first-order chi connectivity index (χ1) is 9.76. The quantitative estimate of drug-likeness (QED) is 0.709. The molecule has 116 valence electrons. The first-order valence-corrected chi connectivity index (χ1v) is 7.32. The Balaban J connectivity index is 2.84. The summed E-state index contributed by atoms with van der Waals surface area (Å²) in [4.78, 5) is 21.7. The summed E-state index contributed by atoms with van der Waals surface area (Å²) in [5.74, 6) is -2.69. The zero-order chi connectivity index (χ0) is 16.0. The number of esters is 1. The molecule has 0 aromatic heterocycles. The Labute approximate surface area is 120 Å². The van der Waals surface area contributed by atoms with Gasteiger partial charge in [0.25, 0.3) is 0 Å². The van der Waals surface area contributed by atoms with Crippen LogP contribution in [0.2, 0.25) is 0 Å². The molecule has 1 aromatic carbocycles. The second-order valence-electron chi connectivity index (χ2n) is 4.08. The molecular formula is C12H14FNO6S. The number of sulfonamides is 1. The third-order valence-electron chi connectivity index (χ3n) is 2.58. The molecule has 0 saturated carbocycles. The molecule has 0 aliphatic heterocycles. The number of carbonyl (C=O) groups excluding carboxylic acids is 1. The fraction of sp³-hybridized carbons (Fsp3) is 0.333. The molecule has 0 amide bonds. The molecule has 7 nitrogen and oxygen atoms in total. The highest BCUT2D eigenvalue weighted by Crippen LogP contribution is 2.12. The lowest BCUT2D eigenvalue weighted by molar-refractivity contribution is -0.142. The van der Waals surface area contributed by atoms with Crippen LogP contribution in [0, 0.1) is 5.82 Å². The molecule has 0 saturated heterocycles. The summed E-state index contributed by atoms with van der Waals surface area (Å²) in [6.07, 6.45) is -0.512. The normalized spacial score (nSPS) is 12.7. The van der Waals surface area contributed by atoms with Gasteiger partial charge in [-0.15, -0.1) is 0 Å². The summed E-state index contributed by atoms with van der Waals surface area (Å²) in [7, 11) is -2.99. The summed E-state index contributed by atoms with van der Waals surface area (Å²) in [6.45, 7) is 0. The van der Waals surface area contributed by atoms with Crippen molar-refractivity contribution in [2.24, 2.45) is 0 Å². The first-order valence-electron chi connectivity index (χ1n) is 5.84. The lowest BCUT2D eigenvalue weighted by Crippen LogP contribution is -2.41. The van der Waals surface area contributed by atoms with E-state index in [-0.39, 0.29) is 17.7 Å². The number of hydrogen-bond donors (Lipinski definition) is 2. The number of carbonyl (C=O) groups is 2. The standard InChI is InChI=1S/C12H14FNO6S/c1-20-11(15)7-6-10(12(16)17)14-21(18,19)9-4-2-8(13)3-5-9/h2-5,10,14H,6-7H2,1H3,(H,16,17)/t10-/m0/s1. The molecule has 0 aliphatic carbocycles. The zero-order valence-corrected chi connectivity index (χ0v) is 11.9. The van der Waals surface area contributed by atoms with E-state index in [0.717, 1.165) is 31.4 Å². The van der Waals surface area contributed by atoms with E-state index in [1.165, 1.54) is 0 Å². The molecule has 0 bridgehead atoms. The monoisotopic (exact) mass is 319 g/mol. The molecular weight excluding hydrogens is 305 g/mol. The number of methoxy groups -OCH3 is 1. The predicted octanol–water partition coefficient (Wildman–Crippen LogP) is 0.510. The molecule has 0 unspecified atom stereocenters. The van der Waals surface area contributed by atoms with Gasteiger partial charge < -0.3 is 9.84 Å². The molecule has 1 rings (SSSR count). The van der Waals surface area contributed by atoms with Crippen LogP contribution < -0.4 is 4.72 Å². The van der Waals surface area contributed by atoms with Gasteiger partial charge >= 0.3 is 11.9 Å². The van der Waals surface area contributed by atoms with Gasteiger partial charge in [0.2, 0.25) is 10.0 Å². The smallest absolute Gasteiger partial charge is 0.321 e. The Bertz CT molecular complexity index is 613. The van der Waals surface area contributed by atoms with E-state index < -0.39 is 33.8 Å². The van der Waals surface area contributed by atoms with Crippen molar-refractivity contribution in [2.75, 3.05) is 7.11 Å². The van der Waals surface area contributed by atoms with E-state index in [2.05, 4.69) is 4.74 Å². The average molecular weight is 319 g/mol. The van der Waals surface area contributed by atoms with E-state index >= 15 is 0 Å². The van der Waals surface area contributed by atoms with Crippen molar-refractivity contribution >= 4 is 22.0 Å². The zero-order valence-electron chi connectivity index (χ0n) is 11.1. The number of rotatable bonds is 7. The van der Waals surface area contributed by atoms with Crippen LogP contribution in [-0.2, 0) is 24.3 Å². The fourth-order valence-corrected chi connectivity index (χ4v) is 2.69. The summed E-state index contributed by atoms with van der Waals surface area (Å²) >= 11 is 0. The third kappa shape index (κ3) is 5.12. The minimum atomic E-state index is -4.13. The van der Waals surface area contributed by atoms with Crippen molar-refractivity contribution in [3.05, 3.63) is 30.1 Å². The van der Waals surface area contributed by atoms with Crippen molar-refractivity contribution in [1.82, 2.24) is 4.72 Å². The largest absolute Gasteiger partial charge is 0.480 e. The number of carboxylic acid groups (broad SMARTS) is 1. The number of aliphatic carboxylic acids is 1. The van der Waals surface area contributed by atoms with E-state index in [1.54, 1.807) is 0 Å². The predicted molar refractivity (Wildman–Crippen MR) is 69.4 cm³/mol. The lowest BCUT2D eigenvalue weighted by atomic mass is 10.2. The fourth-order valence-electron chi connectivity index (χ4n) is 1.47. The van der Waals surface area contributed by atoms with Gasteiger partial charge in [0.1, 0.15) is 11.9 Å². The molecule has 21 heavy (non-hydrogen) atoms. The molecule has 9 heteroatoms. The van der Waals surface area contributed by atoms with Gasteiger partial charge in [0, 0.05) is 6.42 Å². The van der Waals surface area contributed by atoms with Gasteiger partial charge in [-0.1, -0.05) is 0 Å². The van der Waals surface area contributed by atoms with Crippen LogP contribution in [-0.4, -0.2) is 38.6 Å². The second-order valence-corrected chi connectivity index (χ2v) is 5.79. The van der Waals surface area contributed by atoms with Gasteiger partial charge in [-0.25, -0.2) is 12.8 Å². The maximum atomic E-state index is 12.8. The van der Waals surface area contributed by atoms with Gasteiger partial charge in [-0.2, -0.15) is 4.72 Å². The van der Waals surface area contributed by atoms with Crippen LogP contribution in [0.15, 0.2) is 29.2 Å². The molecule has 0 radical (unpaired) electrons. The van der Waals surface area contributed by atoms with E-state index in [4.69, 9.17) is 5.11 Å². The lowest BCUT2D eigenvalue weighted by Gasteiger charge is -2.14. The van der Waals surface area contributed by atoms with Crippen molar-refractivity contribution in [3.8, 4) is 0 Å². The van der Waals surface area contributed by atoms with Crippen LogP contribution in [0.1, 0.15) is 12.8 Å². The first kappa shape index (κ1) is 17.1. The SMILES string of the molecule is COC(=O)CC[C@H](NS(=O)(=O)c1ccc(F)cc1)C(=O)O. The van der Waals surface area contributed by atoms with Gasteiger partial charge in [0.15, 0.2) is 0 Å². The number of carboxylic acids is 1. The minimum absolute atomic E-state index is 0.251. The molecule has 0 heterocycles. The molecule has 0 aliphatic rings. The average Bonchev–Trinajstić information content (AvgIpc) is 2.43. The highest BCUT2D eigenvalue weighted by atomic mass is 32.2. The Hall–Kier alpha value is -2.00. The molecule has 0 fully saturated rings. The maximum absolute atomic E-state index is 12.8. The number of nitrogens with one attached hydrogen (secondary N) is 1. The third-order valence-corrected chi connectivity index (χ3v) is 4.07. The molecule has 2 N–H and O–H groups in total. The van der Waals surface area contributed by atoms with Crippen LogP contribution in [0.3, 0.4) is 0 Å². The molecule has 1 aromatic rings. The van der Waals surface area contributed by atoms with E-state index in [1.807, 2.05) is 4.72 Å². The van der Waals surface area contributed by atoms with Crippen molar-refractivity contribution in [2.45, 2.75) is 23.8 Å². The maximum Gasteiger partial charge on any atom is 0.321 e. The minimum Gasteiger partial charge on any atom is -0.480 e. The number of halogens is 1. The molecule has 0 spiro atoms. The highest BCUT2D eigenvalue weighted by molar-refractivity contribution is 7.89. The van der Waals surface area contributed by atoms with Crippen molar-refractivity contribution < 1.29 is 32.2 Å². The second kappa shape index (κ2) is 7.14. The number of ether oxygens (including phenoxy) is 1. The Kier molecular flexibility index (Phi) is 5.79. The van der Waals surface area contributed by atoms with Crippen molar-refractivity contribution in [1.29, 1.82) is 0 Å². The van der Waals surface area contributed by atoms with E-state index in [9.17, 15) is 22.4 Å². The van der Waals surface area contributed by atoms with Crippen molar-refractivity contribution in [3.63, 3.8) is 0 Å². The van der Waals surface area contributed by atoms with Gasteiger partial charge in [-0.3, -0.25) is 9.59 Å². The summed E-state index contributed by atoms with van der Waals surface area (Å²) in [5, 5.41) is 8.97. The van der Waals surface area contributed by atoms with Gasteiger partial charge in [-0.05, 0) is 30.7 Å². The van der Waals surface area contributed by atoms with Crippen LogP contribution in [0.5, 0.6) is 0 Å². The topological polar surface area (TPSA) is 110 Å². The Morgan fingerprint density at radius 1 is 1.33 bits per heavy atom. The van der Waals surface area contributed by atoms with Gasteiger partial charge in [0.05, 0.1) is 12.0 Å². The summed E-state index contributed by atoms with van der Waals surface area (Å²) in [6, 6.07) is 2.42.